The summed E-state index contributed by atoms with van der Waals surface area (Å²) in [6.07, 6.45) is 4.23. The molecule has 2 atom stereocenters. The van der Waals surface area contributed by atoms with Crippen LogP contribution in [-0.4, -0.2) is 60.7 Å². The Bertz CT molecular complexity index is 1020. The Hall–Kier alpha value is -2.37. The van der Waals surface area contributed by atoms with Gasteiger partial charge in [0.15, 0.2) is 17.3 Å². The minimum atomic E-state index is -0.894. The van der Waals surface area contributed by atoms with Crippen molar-refractivity contribution in [1.82, 2.24) is 10.6 Å². The lowest BCUT2D eigenvalue weighted by Gasteiger charge is -2.26. The standard InChI is InChI=1S/C29H39IN2O6/c1-36-23-12-9-21(10-13-23)25(33)7-3-2-4-8-28(34)32-24(20-31-16-6-5-15-30)29(35)22-11-14-26-27(19-22)38-18-17-37-26/h9-14,19,24,29,31,35H,2-8,15-18,20H2,1H3,(H,32,34)/t24-,29?/m1/s1. The Balaban J connectivity index is 1.47. The lowest BCUT2D eigenvalue weighted by atomic mass is 10.0. The minimum Gasteiger partial charge on any atom is -0.497 e. The van der Waals surface area contributed by atoms with Gasteiger partial charge in [0, 0.05) is 24.9 Å². The highest BCUT2D eigenvalue weighted by Gasteiger charge is 2.24. The Kier molecular flexibility index (Phi) is 13.2. The molecule has 1 amide bonds. The predicted molar refractivity (Wildman–Crippen MR) is 156 cm³/mol. The van der Waals surface area contributed by atoms with Gasteiger partial charge < -0.3 is 30.0 Å². The molecule has 38 heavy (non-hydrogen) atoms. The maximum absolute atomic E-state index is 12.8. The fourth-order valence-corrected chi connectivity index (χ4v) is 4.81. The molecule has 0 aromatic heterocycles. The quantitative estimate of drug-likeness (QED) is 0.101. The number of benzene rings is 2. The Morgan fingerprint density at radius 2 is 1.71 bits per heavy atom. The molecule has 0 bridgehead atoms. The number of ether oxygens (including phenoxy) is 3. The van der Waals surface area contributed by atoms with Crippen molar-refractivity contribution in [2.45, 2.75) is 57.1 Å². The number of alkyl halides is 1. The van der Waals surface area contributed by atoms with Crippen molar-refractivity contribution >= 4 is 34.3 Å². The lowest BCUT2D eigenvalue weighted by molar-refractivity contribution is -0.122. The van der Waals surface area contributed by atoms with Gasteiger partial charge in [-0.15, -0.1) is 0 Å². The van der Waals surface area contributed by atoms with Crippen LogP contribution < -0.4 is 24.8 Å². The van der Waals surface area contributed by atoms with Gasteiger partial charge in [0.05, 0.1) is 13.2 Å². The van der Waals surface area contributed by atoms with Gasteiger partial charge in [-0.3, -0.25) is 9.59 Å². The number of carbonyl (C=O) groups excluding carboxylic acids is 2. The van der Waals surface area contributed by atoms with Crippen molar-refractivity contribution in [2.75, 3.05) is 37.8 Å². The van der Waals surface area contributed by atoms with Crippen LogP contribution in [0.25, 0.3) is 0 Å². The van der Waals surface area contributed by atoms with Crippen molar-refractivity contribution in [3.8, 4) is 17.2 Å². The summed E-state index contributed by atoms with van der Waals surface area (Å²) < 4.78 is 17.5. The van der Waals surface area contributed by atoms with Crippen LogP contribution in [0.3, 0.4) is 0 Å². The molecule has 0 aliphatic carbocycles. The second-order valence-corrected chi connectivity index (χ2v) is 10.4. The highest BCUT2D eigenvalue weighted by atomic mass is 127. The first-order valence-corrected chi connectivity index (χ1v) is 14.8. The molecule has 0 saturated carbocycles. The number of amides is 1. The van der Waals surface area contributed by atoms with Gasteiger partial charge >= 0.3 is 0 Å². The van der Waals surface area contributed by atoms with Crippen molar-refractivity contribution in [3.05, 3.63) is 53.6 Å². The van der Waals surface area contributed by atoms with Gasteiger partial charge in [0.1, 0.15) is 25.1 Å². The first kappa shape index (κ1) is 30.2. The van der Waals surface area contributed by atoms with Gasteiger partial charge in [-0.25, -0.2) is 0 Å². The van der Waals surface area contributed by atoms with Crippen molar-refractivity contribution < 1.29 is 28.9 Å². The molecule has 1 aliphatic heterocycles. The predicted octanol–water partition coefficient (Wildman–Crippen LogP) is 4.62. The van der Waals surface area contributed by atoms with E-state index in [1.54, 1.807) is 43.5 Å². The molecule has 0 fully saturated rings. The summed E-state index contributed by atoms with van der Waals surface area (Å²) in [6, 6.07) is 12.0. The van der Waals surface area contributed by atoms with Gasteiger partial charge in [0.25, 0.3) is 0 Å². The monoisotopic (exact) mass is 638 g/mol. The van der Waals surface area contributed by atoms with Crippen LogP contribution in [0.4, 0.5) is 0 Å². The maximum Gasteiger partial charge on any atom is 0.220 e. The number of hydrogen-bond acceptors (Lipinski definition) is 7. The summed E-state index contributed by atoms with van der Waals surface area (Å²) in [5.41, 5.74) is 1.34. The second kappa shape index (κ2) is 16.6. The summed E-state index contributed by atoms with van der Waals surface area (Å²) in [4.78, 5) is 25.1. The molecule has 1 unspecified atom stereocenters. The number of aliphatic hydroxyl groups is 1. The van der Waals surface area contributed by atoms with Crippen LogP contribution in [0.15, 0.2) is 42.5 Å². The molecule has 0 radical (unpaired) electrons. The molecule has 0 spiro atoms. The largest absolute Gasteiger partial charge is 0.497 e. The Labute approximate surface area is 239 Å². The summed E-state index contributed by atoms with van der Waals surface area (Å²) >= 11 is 2.36. The first-order chi connectivity index (χ1) is 18.5. The molecule has 3 rings (SSSR count). The van der Waals surface area contributed by atoms with E-state index in [2.05, 4.69) is 33.2 Å². The smallest absolute Gasteiger partial charge is 0.220 e. The third kappa shape index (κ3) is 9.74. The normalized spacial score (nSPS) is 14.0. The number of nitrogens with one attached hydrogen (secondary N) is 2. The van der Waals surface area contributed by atoms with E-state index in [9.17, 15) is 14.7 Å². The molecule has 8 nitrogen and oxygen atoms in total. The zero-order valence-electron chi connectivity index (χ0n) is 22.0. The van der Waals surface area contributed by atoms with Gasteiger partial charge in [-0.1, -0.05) is 35.1 Å². The molecule has 3 N–H and O–H groups in total. The number of Topliss-reactive ketones (excluding diaryl/α,β-unsaturated/α-hetero) is 1. The van der Waals surface area contributed by atoms with E-state index in [1.807, 2.05) is 6.07 Å². The van der Waals surface area contributed by atoms with Crippen molar-refractivity contribution in [1.29, 1.82) is 0 Å². The maximum atomic E-state index is 12.8. The van der Waals surface area contributed by atoms with E-state index in [1.165, 1.54) is 0 Å². The Morgan fingerprint density at radius 1 is 0.974 bits per heavy atom. The average Bonchev–Trinajstić information content (AvgIpc) is 2.95. The van der Waals surface area contributed by atoms with Crippen molar-refractivity contribution in [2.24, 2.45) is 0 Å². The number of fused-ring (bicyclic) bond motifs is 1. The van der Waals surface area contributed by atoms with Gasteiger partial charge in [0.2, 0.25) is 5.91 Å². The summed E-state index contributed by atoms with van der Waals surface area (Å²) in [6.45, 7) is 2.26. The Morgan fingerprint density at radius 3 is 2.45 bits per heavy atom. The van der Waals surface area contributed by atoms with Crippen LogP contribution in [0, 0.1) is 0 Å². The van der Waals surface area contributed by atoms with Gasteiger partial charge in [-0.05, 0) is 78.6 Å². The fourth-order valence-electron chi connectivity index (χ4n) is 4.27. The summed E-state index contributed by atoms with van der Waals surface area (Å²) in [5, 5.41) is 17.5. The van der Waals surface area contributed by atoms with E-state index in [0.717, 1.165) is 42.4 Å². The van der Waals surface area contributed by atoms with Crippen LogP contribution in [0.1, 0.15) is 67.0 Å². The topological polar surface area (TPSA) is 106 Å². The van der Waals surface area contributed by atoms with E-state index < -0.39 is 12.1 Å². The molecule has 208 valence electrons. The van der Waals surface area contributed by atoms with E-state index in [4.69, 9.17) is 14.2 Å². The first-order valence-electron chi connectivity index (χ1n) is 13.3. The van der Waals surface area contributed by atoms with Crippen molar-refractivity contribution in [3.63, 3.8) is 0 Å². The molecule has 1 heterocycles. The molecular formula is C29H39IN2O6. The number of aliphatic hydroxyl groups excluding tert-OH is 1. The fraction of sp³-hybridized carbons (Fsp3) is 0.517. The van der Waals surface area contributed by atoms with E-state index in [0.29, 0.717) is 61.6 Å². The zero-order valence-corrected chi connectivity index (χ0v) is 24.2. The number of rotatable bonds is 17. The van der Waals surface area contributed by atoms with E-state index in [-0.39, 0.29) is 11.7 Å². The third-order valence-electron chi connectivity index (χ3n) is 6.46. The highest BCUT2D eigenvalue weighted by molar-refractivity contribution is 14.1. The number of carbonyl (C=O) groups is 2. The average molecular weight is 639 g/mol. The molecular weight excluding hydrogens is 599 g/mol. The number of halogens is 1. The SMILES string of the molecule is COc1ccc(C(=O)CCCCCC(=O)N[C@H](CNCCCCI)C(O)c2ccc3c(c2)OCCO3)cc1. The zero-order chi connectivity index (χ0) is 27.2. The minimum absolute atomic E-state index is 0.0911. The number of unbranched alkanes of at least 4 members (excludes halogenated alkanes) is 3. The highest BCUT2D eigenvalue weighted by Crippen LogP contribution is 2.33. The molecule has 2 aromatic rings. The van der Waals surface area contributed by atoms with E-state index >= 15 is 0 Å². The molecule has 9 heteroatoms. The van der Waals surface area contributed by atoms with Crippen LogP contribution in [0.5, 0.6) is 17.2 Å². The number of hydrogen-bond donors (Lipinski definition) is 3. The van der Waals surface area contributed by atoms with Crippen LogP contribution >= 0.6 is 22.6 Å². The number of methoxy groups -OCH3 is 1. The number of ketones is 1. The molecule has 0 saturated heterocycles. The summed E-state index contributed by atoms with van der Waals surface area (Å²) in [5.74, 6) is 1.98. The lowest BCUT2D eigenvalue weighted by Crippen LogP contribution is -2.46. The van der Waals surface area contributed by atoms with Crippen LogP contribution in [0.2, 0.25) is 0 Å². The second-order valence-electron chi connectivity index (χ2n) is 9.33. The molecule has 2 aromatic carbocycles. The third-order valence-corrected chi connectivity index (χ3v) is 7.22. The van der Waals surface area contributed by atoms with Crippen LogP contribution in [-0.2, 0) is 4.79 Å². The van der Waals surface area contributed by atoms with Gasteiger partial charge in [-0.2, -0.15) is 0 Å². The summed E-state index contributed by atoms with van der Waals surface area (Å²) in [7, 11) is 1.60. The molecule has 1 aliphatic rings.